The summed E-state index contributed by atoms with van der Waals surface area (Å²) >= 11 is 0. The van der Waals surface area contributed by atoms with E-state index in [9.17, 15) is 14.7 Å². The van der Waals surface area contributed by atoms with E-state index in [0.29, 0.717) is 19.0 Å². The van der Waals surface area contributed by atoms with E-state index in [1.807, 2.05) is 13.0 Å². The van der Waals surface area contributed by atoms with Crippen LogP contribution in [-0.2, 0) is 20.7 Å². The third-order valence-electron chi connectivity index (χ3n) is 3.28. The van der Waals surface area contributed by atoms with Crippen LogP contribution < -0.4 is 10.1 Å². The number of alkyl carbamates (subject to hydrolysis) is 1. The SMILES string of the molecule is COCCOc1ccc(CC(NC(=O)OC(C)(C)C)C(=O)O)c(C)c1. The molecule has 0 saturated carbocycles. The lowest BCUT2D eigenvalue weighted by atomic mass is 10.0. The van der Waals surface area contributed by atoms with Crippen LogP contribution in [0.5, 0.6) is 5.75 Å². The van der Waals surface area contributed by atoms with Gasteiger partial charge in [0.2, 0.25) is 0 Å². The molecule has 0 aromatic heterocycles. The van der Waals surface area contributed by atoms with Crippen molar-refractivity contribution in [1.82, 2.24) is 5.32 Å². The molecule has 25 heavy (non-hydrogen) atoms. The van der Waals surface area contributed by atoms with E-state index in [-0.39, 0.29) is 6.42 Å². The van der Waals surface area contributed by atoms with Crippen LogP contribution in [0.3, 0.4) is 0 Å². The van der Waals surface area contributed by atoms with E-state index < -0.39 is 23.7 Å². The maximum Gasteiger partial charge on any atom is 0.408 e. The first-order valence-corrected chi connectivity index (χ1v) is 8.06. The third kappa shape index (κ3) is 7.89. The Bertz CT molecular complexity index is 594. The van der Waals surface area contributed by atoms with Crippen LogP contribution in [0.2, 0.25) is 0 Å². The van der Waals surface area contributed by atoms with Gasteiger partial charge in [-0.05, 0) is 51.0 Å². The van der Waals surface area contributed by atoms with Gasteiger partial charge in [-0.1, -0.05) is 6.07 Å². The van der Waals surface area contributed by atoms with Crippen molar-refractivity contribution in [1.29, 1.82) is 0 Å². The van der Waals surface area contributed by atoms with Gasteiger partial charge in [-0.3, -0.25) is 0 Å². The molecule has 0 bridgehead atoms. The normalized spacial score (nSPS) is 12.4. The van der Waals surface area contributed by atoms with Gasteiger partial charge in [-0.25, -0.2) is 9.59 Å². The van der Waals surface area contributed by atoms with Gasteiger partial charge in [0.1, 0.15) is 24.0 Å². The molecule has 0 aliphatic rings. The highest BCUT2D eigenvalue weighted by Crippen LogP contribution is 2.19. The number of carbonyl (C=O) groups excluding carboxylic acids is 1. The number of carboxylic acid groups (broad SMARTS) is 1. The molecule has 0 spiro atoms. The van der Waals surface area contributed by atoms with Crippen molar-refractivity contribution < 1.29 is 28.9 Å². The quantitative estimate of drug-likeness (QED) is 0.698. The highest BCUT2D eigenvalue weighted by molar-refractivity contribution is 5.80. The number of benzene rings is 1. The number of ether oxygens (including phenoxy) is 3. The summed E-state index contributed by atoms with van der Waals surface area (Å²) in [7, 11) is 1.60. The van der Waals surface area contributed by atoms with Crippen molar-refractivity contribution in [3.8, 4) is 5.75 Å². The van der Waals surface area contributed by atoms with Gasteiger partial charge in [0, 0.05) is 13.5 Å². The molecule has 7 heteroatoms. The maximum absolute atomic E-state index is 11.8. The molecule has 1 aromatic carbocycles. The number of carbonyl (C=O) groups is 2. The lowest BCUT2D eigenvalue weighted by Gasteiger charge is -2.22. The standard InChI is InChI=1S/C18H27NO6/c1-12-10-14(24-9-8-23-5)7-6-13(12)11-15(16(20)21)19-17(22)25-18(2,3)4/h6-7,10,15H,8-9,11H2,1-5H3,(H,19,22)(H,20,21). The summed E-state index contributed by atoms with van der Waals surface area (Å²) in [5.41, 5.74) is 0.999. The number of rotatable bonds is 8. The van der Waals surface area contributed by atoms with Crippen LogP contribution in [-0.4, -0.2) is 49.1 Å². The molecule has 2 N–H and O–H groups in total. The molecule has 1 unspecified atom stereocenters. The molecule has 1 atom stereocenters. The molecular weight excluding hydrogens is 326 g/mol. The number of hydrogen-bond acceptors (Lipinski definition) is 5. The minimum absolute atomic E-state index is 0.152. The van der Waals surface area contributed by atoms with Crippen molar-refractivity contribution >= 4 is 12.1 Å². The summed E-state index contributed by atoms with van der Waals surface area (Å²) in [5, 5.41) is 11.8. The molecule has 1 aromatic rings. The van der Waals surface area contributed by atoms with Gasteiger partial charge in [0.05, 0.1) is 6.61 Å². The van der Waals surface area contributed by atoms with E-state index in [2.05, 4.69) is 5.32 Å². The second-order valence-corrected chi connectivity index (χ2v) is 6.67. The minimum Gasteiger partial charge on any atom is -0.491 e. The summed E-state index contributed by atoms with van der Waals surface area (Å²) in [5.74, 6) is -0.434. The number of amides is 1. The first-order chi connectivity index (χ1) is 11.6. The van der Waals surface area contributed by atoms with Crippen LogP contribution >= 0.6 is 0 Å². The van der Waals surface area contributed by atoms with Crippen LogP contribution in [0.25, 0.3) is 0 Å². The Morgan fingerprint density at radius 1 is 1.24 bits per heavy atom. The van der Waals surface area contributed by atoms with Crippen LogP contribution in [0.15, 0.2) is 18.2 Å². The Balaban J connectivity index is 2.75. The van der Waals surface area contributed by atoms with Crippen molar-refractivity contribution in [2.24, 2.45) is 0 Å². The van der Waals surface area contributed by atoms with Crippen molar-refractivity contribution in [3.63, 3.8) is 0 Å². The monoisotopic (exact) mass is 353 g/mol. The molecule has 0 aliphatic heterocycles. The van der Waals surface area contributed by atoms with Crippen LogP contribution in [0.1, 0.15) is 31.9 Å². The van der Waals surface area contributed by atoms with Crippen molar-refractivity contribution in [2.75, 3.05) is 20.3 Å². The van der Waals surface area contributed by atoms with Gasteiger partial charge >= 0.3 is 12.1 Å². The molecule has 0 aliphatic carbocycles. The molecule has 0 saturated heterocycles. The van der Waals surface area contributed by atoms with E-state index in [1.165, 1.54) is 0 Å². The zero-order chi connectivity index (χ0) is 19.0. The molecule has 7 nitrogen and oxygen atoms in total. The highest BCUT2D eigenvalue weighted by atomic mass is 16.6. The smallest absolute Gasteiger partial charge is 0.408 e. The maximum atomic E-state index is 11.8. The highest BCUT2D eigenvalue weighted by Gasteiger charge is 2.24. The first kappa shape index (κ1) is 20.8. The summed E-state index contributed by atoms with van der Waals surface area (Å²) in [6.07, 6.45) is -0.601. The Morgan fingerprint density at radius 3 is 2.44 bits per heavy atom. The number of aliphatic carboxylic acids is 1. The number of methoxy groups -OCH3 is 1. The lowest BCUT2D eigenvalue weighted by Crippen LogP contribution is -2.44. The van der Waals surface area contributed by atoms with Crippen molar-refractivity contribution in [3.05, 3.63) is 29.3 Å². The largest absolute Gasteiger partial charge is 0.491 e. The van der Waals surface area contributed by atoms with Gasteiger partial charge in [0.25, 0.3) is 0 Å². The second-order valence-electron chi connectivity index (χ2n) is 6.67. The third-order valence-corrected chi connectivity index (χ3v) is 3.28. The van der Waals surface area contributed by atoms with Gasteiger partial charge in [-0.15, -0.1) is 0 Å². The van der Waals surface area contributed by atoms with E-state index >= 15 is 0 Å². The fourth-order valence-corrected chi connectivity index (χ4v) is 2.10. The first-order valence-electron chi connectivity index (χ1n) is 8.06. The average molecular weight is 353 g/mol. The van der Waals surface area contributed by atoms with Gasteiger partial charge < -0.3 is 24.6 Å². The number of aryl methyl sites for hydroxylation is 1. The molecule has 0 fully saturated rings. The van der Waals surface area contributed by atoms with E-state index in [4.69, 9.17) is 14.2 Å². The van der Waals surface area contributed by atoms with Crippen LogP contribution in [0.4, 0.5) is 4.79 Å². The van der Waals surface area contributed by atoms with E-state index in [0.717, 1.165) is 11.1 Å². The van der Waals surface area contributed by atoms with Crippen molar-refractivity contribution in [2.45, 2.75) is 45.8 Å². The molecule has 0 radical (unpaired) electrons. The molecule has 1 rings (SSSR count). The van der Waals surface area contributed by atoms with Gasteiger partial charge in [0.15, 0.2) is 0 Å². The summed E-state index contributed by atoms with van der Waals surface area (Å²) in [4.78, 5) is 23.3. The lowest BCUT2D eigenvalue weighted by molar-refractivity contribution is -0.139. The summed E-state index contributed by atoms with van der Waals surface area (Å²) in [6, 6.07) is 4.32. The predicted octanol–water partition coefficient (Wildman–Crippen LogP) is 2.54. The predicted molar refractivity (Wildman–Crippen MR) is 93.0 cm³/mol. The summed E-state index contributed by atoms with van der Waals surface area (Å²) in [6.45, 7) is 7.94. The Kier molecular flexibility index (Phi) is 7.70. The molecule has 140 valence electrons. The molecule has 1 amide bonds. The van der Waals surface area contributed by atoms with E-state index in [1.54, 1.807) is 40.0 Å². The zero-order valence-electron chi connectivity index (χ0n) is 15.4. The zero-order valence-corrected chi connectivity index (χ0v) is 15.4. The number of hydrogen-bond donors (Lipinski definition) is 2. The molecule has 0 heterocycles. The Hall–Kier alpha value is -2.28. The molecular formula is C18H27NO6. The second kappa shape index (κ2) is 9.27. The Labute approximate surface area is 148 Å². The minimum atomic E-state index is -1.12. The summed E-state index contributed by atoms with van der Waals surface area (Å²) < 4.78 is 15.6. The number of carboxylic acids is 1. The fourth-order valence-electron chi connectivity index (χ4n) is 2.10. The van der Waals surface area contributed by atoms with Gasteiger partial charge in [-0.2, -0.15) is 0 Å². The average Bonchev–Trinajstić information content (AvgIpc) is 2.47. The topological polar surface area (TPSA) is 94.1 Å². The fraction of sp³-hybridized carbons (Fsp3) is 0.556. The number of nitrogens with one attached hydrogen (secondary N) is 1. The van der Waals surface area contributed by atoms with Crippen LogP contribution in [0, 0.1) is 6.92 Å². The Morgan fingerprint density at radius 2 is 1.92 bits per heavy atom.